The molecule has 1 heterocycles. The molecule has 6 heteroatoms. The maximum atomic E-state index is 12.7. The van der Waals surface area contributed by atoms with E-state index in [-0.39, 0.29) is 11.3 Å². The van der Waals surface area contributed by atoms with Gasteiger partial charge < -0.3 is 5.32 Å². The van der Waals surface area contributed by atoms with Crippen LogP contribution in [0, 0.1) is 6.92 Å². The fourth-order valence-corrected chi connectivity index (χ4v) is 2.61. The smallest absolute Gasteiger partial charge is 0.321 e. The number of amides is 1. The Labute approximate surface area is 148 Å². The van der Waals surface area contributed by atoms with E-state index < -0.39 is 17.8 Å². The van der Waals surface area contributed by atoms with Gasteiger partial charge in [-0.15, -0.1) is 0 Å². The zero-order chi connectivity index (χ0) is 18.7. The Bertz CT molecular complexity index is 937. The molecule has 3 nitrogen and oxygen atoms in total. The van der Waals surface area contributed by atoms with Crippen molar-refractivity contribution in [3.63, 3.8) is 0 Å². The Morgan fingerprint density at radius 1 is 0.923 bits per heavy atom. The first kappa shape index (κ1) is 17.7. The number of hydrogen-bond acceptors (Lipinski definition) is 2. The number of aromatic nitrogens is 1. The number of para-hydroxylation sites is 1. The number of carbonyl (C=O) groups excluding carboxylic acids is 1. The molecule has 2 aromatic carbocycles. The van der Waals surface area contributed by atoms with Gasteiger partial charge in [0.25, 0.3) is 5.91 Å². The summed E-state index contributed by atoms with van der Waals surface area (Å²) in [6.45, 7) is 1.38. The molecular weight excluding hydrogens is 341 g/mol. The molecular formula is C20H15F3N2O. The van der Waals surface area contributed by atoms with Crippen molar-refractivity contribution < 1.29 is 18.0 Å². The Morgan fingerprint density at radius 3 is 2.23 bits per heavy atom. The van der Waals surface area contributed by atoms with Gasteiger partial charge in [-0.3, -0.25) is 4.79 Å². The first-order valence-electron chi connectivity index (χ1n) is 7.87. The highest BCUT2D eigenvalue weighted by Gasteiger charge is 2.33. The van der Waals surface area contributed by atoms with Crippen molar-refractivity contribution >= 4 is 11.6 Å². The molecule has 1 amide bonds. The topological polar surface area (TPSA) is 42.0 Å². The van der Waals surface area contributed by atoms with Crippen LogP contribution in [0.2, 0.25) is 0 Å². The van der Waals surface area contributed by atoms with Crippen LogP contribution in [0.4, 0.5) is 18.9 Å². The number of anilines is 1. The standard InChI is InChI=1S/C20H15F3N2O/c1-13-15(11-12-18(24-13)20(21,22)23)19(26)25-17-10-6-5-9-16(17)14-7-3-2-4-8-14/h2-12H,1H3,(H,25,26). The molecule has 0 saturated heterocycles. The molecule has 0 bridgehead atoms. The summed E-state index contributed by atoms with van der Waals surface area (Å²) >= 11 is 0. The molecule has 0 aliphatic rings. The Hall–Kier alpha value is -3.15. The normalized spacial score (nSPS) is 11.2. The second-order valence-corrected chi connectivity index (χ2v) is 5.69. The van der Waals surface area contributed by atoms with Crippen molar-refractivity contribution in [1.29, 1.82) is 0 Å². The van der Waals surface area contributed by atoms with Crippen LogP contribution in [0.25, 0.3) is 11.1 Å². The largest absolute Gasteiger partial charge is 0.433 e. The third-order valence-electron chi connectivity index (χ3n) is 3.88. The van der Waals surface area contributed by atoms with E-state index in [1.807, 2.05) is 42.5 Å². The highest BCUT2D eigenvalue weighted by Crippen LogP contribution is 2.30. The molecule has 0 saturated carbocycles. The first-order chi connectivity index (χ1) is 12.4. The lowest BCUT2D eigenvalue weighted by Crippen LogP contribution is -2.17. The molecule has 0 aliphatic carbocycles. The number of aryl methyl sites for hydroxylation is 1. The van der Waals surface area contributed by atoms with Crippen LogP contribution in [-0.2, 0) is 6.18 Å². The highest BCUT2D eigenvalue weighted by molar-refractivity contribution is 6.06. The highest BCUT2D eigenvalue weighted by atomic mass is 19.4. The summed E-state index contributed by atoms with van der Waals surface area (Å²) < 4.78 is 38.2. The van der Waals surface area contributed by atoms with Crippen molar-refractivity contribution in [1.82, 2.24) is 4.98 Å². The number of nitrogens with one attached hydrogen (secondary N) is 1. The number of halogens is 3. The van der Waals surface area contributed by atoms with Crippen LogP contribution in [-0.4, -0.2) is 10.9 Å². The van der Waals surface area contributed by atoms with Gasteiger partial charge in [0.15, 0.2) is 0 Å². The molecule has 0 radical (unpaired) electrons. The molecule has 3 aromatic rings. The fourth-order valence-electron chi connectivity index (χ4n) is 2.61. The molecule has 3 rings (SSSR count). The predicted molar refractivity (Wildman–Crippen MR) is 93.8 cm³/mol. The average Bonchev–Trinajstić information content (AvgIpc) is 2.62. The fraction of sp³-hybridized carbons (Fsp3) is 0.100. The van der Waals surface area contributed by atoms with Crippen LogP contribution >= 0.6 is 0 Å². The van der Waals surface area contributed by atoms with Crippen LogP contribution < -0.4 is 5.32 Å². The molecule has 0 spiro atoms. The molecule has 132 valence electrons. The van der Waals surface area contributed by atoms with Gasteiger partial charge >= 0.3 is 6.18 Å². The van der Waals surface area contributed by atoms with Crippen LogP contribution in [0.15, 0.2) is 66.7 Å². The van der Waals surface area contributed by atoms with E-state index in [9.17, 15) is 18.0 Å². The molecule has 0 unspecified atom stereocenters. The number of rotatable bonds is 3. The number of carbonyl (C=O) groups is 1. The van der Waals surface area contributed by atoms with Crippen molar-refractivity contribution in [2.75, 3.05) is 5.32 Å². The quantitative estimate of drug-likeness (QED) is 0.689. The third kappa shape index (κ3) is 3.74. The van der Waals surface area contributed by atoms with E-state index in [4.69, 9.17) is 0 Å². The van der Waals surface area contributed by atoms with Crippen LogP contribution in [0.1, 0.15) is 21.7 Å². The zero-order valence-electron chi connectivity index (χ0n) is 13.8. The van der Waals surface area contributed by atoms with E-state index in [1.54, 1.807) is 12.1 Å². The lowest BCUT2D eigenvalue weighted by molar-refractivity contribution is -0.141. The molecule has 0 fully saturated rings. The summed E-state index contributed by atoms with van der Waals surface area (Å²) in [5.41, 5.74) is 1.42. The minimum Gasteiger partial charge on any atom is -0.321 e. The zero-order valence-corrected chi connectivity index (χ0v) is 13.8. The van der Waals surface area contributed by atoms with Crippen molar-refractivity contribution in [2.24, 2.45) is 0 Å². The van der Waals surface area contributed by atoms with Gasteiger partial charge in [0.1, 0.15) is 5.69 Å². The summed E-state index contributed by atoms with van der Waals surface area (Å²) in [6, 6.07) is 18.7. The van der Waals surface area contributed by atoms with Crippen LogP contribution in [0.5, 0.6) is 0 Å². The Balaban J connectivity index is 1.90. The summed E-state index contributed by atoms with van der Waals surface area (Å²) in [5, 5.41) is 2.76. The monoisotopic (exact) mass is 356 g/mol. The molecule has 0 aliphatic heterocycles. The Morgan fingerprint density at radius 2 is 1.58 bits per heavy atom. The first-order valence-corrected chi connectivity index (χ1v) is 7.87. The molecule has 1 N–H and O–H groups in total. The second kappa shape index (κ2) is 7.00. The van der Waals surface area contributed by atoms with E-state index in [0.29, 0.717) is 5.69 Å². The summed E-state index contributed by atoms with van der Waals surface area (Å²) in [7, 11) is 0. The number of alkyl halides is 3. The summed E-state index contributed by atoms with van der Waals surface area (Å²) in [6.07, 6.45) is -4.54. The van der Waals surface area contributed by atoms with Gasteiger partial charge in [-0.1, -0.05) is 48.5 Å². The van der Waals surface area contributed by atoms with Crippen molar-refractivity contribution in [3.8, 4) is 11.1 Å². The van der Waals surface area contributed by atoms with Gasteiger partial charge in [0.2, 0.25) is 0 Å². The maximum absolute atomic E-state index is 12.7. The summed E-state index contributed by atoms with van der Waals surface area (Å²) in [5.74, 6) is -0.507. The minimum absolute atomic E-state index is 0.0227. The SMILES string of the molecule is Cc1nc(C(F)(F)F)ccc1C(=O)Nc1ccccc1-c1ccccc1. The number of nitrogens with zero attached hydrogens (tertiary/aromatic N) is 1. The van der Waals surface area contributed by atoms with Crippen molar-refractivity contribution in [2.45, 2.75) is 13.1 Å². The Kier molecular flexibility index (Phi) is 4.75. The molecule has 0 atom stereocenters. The van der Waals surface area contributed by atoms with Gasteiger partial charge in [-0.25, -0.2) is 4.98 Å². The van der Waals surface area contributed by atoms with Crippen molar-refractivity contribution in [3.05, 3.63) is 83.7 Å². The summed E-state index contributed by atoms with van der Waals surface area (Å²) in [4.78, 5) is 16.0. The van der Waals surface area contributed by atoms with Gasteiger partial charge in [-0.2, -0.15) is 13.2 Å². The lowest BCUT2D eigenvalue weighted by atomic mass is 10.0. The molecule has 1 aromatic heterocycles. The number of benzene rings is 2. The van der Waals surface area contributed by atoms with Gasteiger partial charge in [0, 0.05) is 11.3 Å². The average molecular weight is 356 g/mol. The third-order valence-corrected chi connectivity index (χ3v) is 3.88. The van der Waals surface area contributed by atoms with E-state index >= 15 is 0 Å². The maximum Gasteiger partial charge on any atom is 0.433 e. The second-order valence-electron chi connectivity index (χ2n) is 5.69. The lowest BCUT2D eigenvalue weighted by Gasteiger charge is -2.13. The van der Waals surface area contributed by atoms with E-state index in [1.165, 1.54) is 6.92 Å². The van der Waals surface area contributed by atoms with Gasteiger partial charge in [-0.05, 0) is 30.7 Å². The van der Waals surface area contributed by atoms with Crippen LogP contribution in [0.3, 0.4) is 0 Å². The number of hydrogen-bond donors (Lipinski definition) is 1. The number of pyridine rings is 1. The predicted octanol–water partition coefficient (Wildman–Crippen LogP) is 5.33. The van der Waals surface area contributed by atoms with E-state index in [2.05, 4.69) is 10.3 Å². The van der Waals surface area contributed by atoms with E-state index in [0.717, 1.165) is 23.3 Å². The molecule has 26 heavy (non-hydrogen) atoms. The van der Waals surface area contributed by atoms with Gasteiger partial charge in [0.05, 0.1) is 11.3 Å². The minimum atomic E-state index is -4.54.